The summed E-state index contributed by atoms with van der Waals surface area (Å²) < 4.78 is 14.2. The standard InChI is InChI=1S/C15H15ClFN3O4/c16-11-2-1-9(20-6-4-18-14(20)24)7-10(11)12(21)19-5-3-15(17,8-19)13(22)23/h1-2,7H,3-6,8H2,(H,18,24)(H,22,23). The lowest BCUT2D eigenvalue weighted by atomic mass is 10.1. The molecule has 7 nitrogen and oxygen atoms in total. The monoisotopic (exact) mass is 355 g/mol. The summed E-state index contributed by atoms with van der Waals surface area (Å²) in [6.45, 7) is 0.433. The molecule has 1 aromatic rings. The van der Waals surface area contributed by atoms with Crippen LogP contribution >= 0.6 is 11.6 Å². The van der Waals surface area contributed by atoms with Crippen LogP contribution in [0.1, 0.15) is 16.8 Å². The fourth-order valence-corrected chi connectivity index (χ4v) is 3.05. The molecule has 3 rings (SSSR count). The number of carboxylic acids is 1. The van der Waals surface area contributed by atoms with E-state index in [4.69, 9.17) is 16.7 Å². The number of hydrogen-bond donors (Lipinski definition) is 2. The third kappa shape index (κ3) is 2.77. The van der Waals surface area contributed by atoms with Gasteiger partial charge in [-0.05, 0) is 18.2 Å². The van der Waals surface area contributed by atoms with Crippen LogP contribution in [-0.4, -0.2) is 59.8 Å². The van der Waals surface area contributed by atoms with E-state index in [1.807, 2.05) is 0 Å². The number of carboxylic acid groups (broad SMARTS) is 1. The van der Waals surface area contributed by atoms with Gasteiger partial charge in [0.15, 0.2) is 0 Å². The Morgan fingerprint density at radius 1 is 1.33 bits per heavy atom. The fraction of sp³-hybridized carbons (Fsp3) is 0.400. The van der Waals surface area contributed by atoms with Gasteiger partial charge < -0.3 is 15.3 Å². The van der Waals surface area contributed by atoms with Crippen molar-refractivity contribution >= 4 is 35.2 Å². The van der Waals surface area contributed by atoms with Crippen LogP contribution in [0.15, 0.2) is 18.2 Å². The molecule has 0 spiro atoms. The Kier molecular flexibility index (Phi) is 4.08. The second-order valence-electron chi connectivity index (χ2n) is 5.79. The van der Waals surface area contributed by atoms with Gasteiger partial charge in [-0.3, -0.25) is 9.69 Å². The SMILES string of the molecule is O=C(c1cc(N2CCNC2=O)ccc1Cl)N1CCC(F)(C(=O)O)C1. The number of halogens is 2. The van der Waals surface area contributed by atoms with Crippen LogP contribution < -0.4 is 10.2 Å². The molecule has 3 amide bonds. The average Bonchev–Trinajstić information content (AvgIpc) is 3.14. The van der Waals surface area contributed by atoms with E-state index in [2.05, 4.69) is 5.32 Å². The highest BCUT2D eigenvalue weighted by molar-refractivity contribution is 6.34. The topological polar surface area (TPSA) is 90.0 Å². The van der Waals surface area contributed by atoms with E-state index in [1.54, 1.807) is 6.07 Å². The van der Waals surface area contributed by atoms with Gasteiger partial charge in [-0.15, -0.1) is 0 Å². The largest absolute Gasteiger partial charge is 0.479 e. The molecule has 24 heavy (non-hydrogen) atoms. The quantitative estimate of drug-likeness (QED) is 0.860. The van der Waals surface area contributed by atoms with Crippen LogP contribution in [0.25, 0.3) is 0 Å². The Morgan fingerprint density at radius 2 is 2.08 bits per heavy atom. The van der Waals surface area contributed by atoms with Gasteiger partial charge in [0.25, 0.3) is 5.91 Å². The van der Waals surface area contributed by atoms with Crippen molar-refractivity contribution in [3.63, 3.8) is 0 Å². The van der Waals surface area contributed by atoms with E-state index >= 15 is 0 Å². The first-order chi connectivity index (χ1) is 11.3. The third-order valence-corrected chi connectivity index (χ3v) is 4.57. The summed E-state index contributed by atoms with van der Waals surface area (Å²) >= 11 is 6.07. The zero-order valence-electron chi connectivity index (χ0n) is 12.6. The molecule has 2 N–H and O–H groups in total. The highest BCUT2D eigenvalue weighted by Gasteiger charge is 2.47. The lowest BCUT2D eigenvalue weighted by Gasteiger charge is -2.20. The lowest BCUT2D eigenvalue weighted by molar-refractivity contribution is -0.149. The molecule has 128 valence electrons. The number of anilines is 1. The van der Waals surface area contributed by atoms with Gasteiger partial charge in [0.2, 0.25) is 5.67 Å². The van der Waals surface area contributed by atoms with Crippen LogP contribution in [-0.2, 0) is 4.79 Å². The molecule has 1 atom stereocenters. The Hall–Kier alpha value is -2.35. The maximum absolute atomic E-state index is 14.2. The highest BCUT2D eigenvalue weighted by atomic mass is 35.5. The van der Waals surface area contributed by atoms with Gasteiger partial charge in [-0.2, -0.15) is 0 Å². The van der Waals surface area contributed by atoms with E-state index in [0.717, 1.165) is 4.90 Å². The van der Waals surface area contributed by atoms with E-state index in [1.165, 1.54) is 17.0 Å². The molecule has 2 saturated heterocycles. The number of benzene rings is 1. The smallest absolute Gasteiger partial charge is 0.343 e. The number of likely N-dealkylation sites (tertiary alicyclic amines) is 1. The zero-order chi connectivity index (χ0) is 17.5. The summed E-state index contributed by atoms with van der Waals surface area (Å²) in [5, 5.41) is 11.7. The van der Waals surface area contributed by atoms with Crippen molar-refractivity contribution in [2.45, 2.75) is 12.1 Å². The molecule has 1 unspecified atom stereocenters. The van der Waals surface area contributed by atoms with Crippen molar-refractivity contribution in [2.75, 3.05) is 31.1 Å². The number of carbonyl (C=O) groups is 3. The summed E-state index contributed by atoms with van der Waals surface area (Å²) in [6, 6.07) is 4.30. The second kappa shape index (κ2) is 5.94. The second-order valence-corrected chi connectivity index (χ2v) is 6.20. The van der Waals surface area contributed by atoms with Gasteiger partial charge in [0, 0.05) is 31.7 Å². The third-order valence-electron chi connectivity index (χ3n) is 4.24. The first-order valence-corrected chi connectivity index (χ1v) is 7.76. The Bertz CT molecular complexity index is 729. The molecule has 0 radical (unpaired) electrons. The number of nitrogens with one attached hydrogen (secondary N) is 1. The number of urea groups is 1. The fourth-order valence-electron chi connectivity index (χ4n) is 2.85. The predicted molar refractivity (Wildman–Crippen MR) is 84.2 cm³/mol. The molecule has 0 aliphatic carbocycles. The molecule has 0 bridgehead atoms. The average molecular weight is 356 g/mol. The molecule has 9 heteroatoms. The normalized spacial score (nSPS) is 23.5. The van der Waals surface area contributed by atoms with Crippen LogP contribution in [0, 0.1) is 0 Å². The number of alkyl halides is 1. The van der Waals surface area contributed by atoms with Gasteiger partial charge in [0.1, 0.15) is 0 Å². The van der Waals surface area contributed by atoms with Crippen LogP contribution in [0.3, 0.4) is 0 Å². The number of nitrogens with zero attached hydrogens (tertiary/aromatic N) is 2. The first-order valence-electron chi connectivity index (χ1n) is 7.38. The van der Waals surface area contributed by atoms with E-state index < -0.39 is 24.1 Å². The molecular weight excluding hydrogens is 341 g/mol. The molecule has 1 aromatic carbocycles. The van der Waals surface area contributed by atoms with Gasteiger partial charge in [-0.25, -0.2) is 14.0 Å². The number of rotatable bonds is 3. The summed E-state index contributed by atoms with van der Waals surface area (Å²) in [4.78, 5) is 37.9. The van der Waals surface area contributed by atoms with E-state index in [-0.39, 0.29) is 29.6 Å². The van der Waals surface area contributed by atoms with Crippen molar-refractivity contribution in [3.05, 3.63) is 28.8 Å². The predicted octanol–water partition coefficient (Wildman–Crippen LogP) is 1.51. The van der Waals surface area contributed by atoms with Crippen LogP contribution in [0.4, 0.5) is 14.9 Å². The van der Waals surface area contributed by atoms with Gasteiger partial charge in [-0.1, -0.05) is 11.6 Å². The van der Waals surface area contributed by atoms with E-state index in [0.29, 0.717) is 18.8 Å². The number of hydrogen-bond acceptors (Lipinski definition) is 3. The summed E-state index contributed by atoms with van der Waals surface area (Å²) in [5.41, 5.74) is -1.82. The summed E-state index contributed by atoms with van der Waals surface area (Å²) in [5.74, 6) is -2.13. The van der Waals surface area contributed by atoms with Gasteiger partial charge >= 0.3 is 12.0 Å². The van der Waals surface area contributed by atoms with Crippen molar-refractivity contribution in [3.8, 4) is 0 Å². The van der Waals surface area contributed by atoms with Crippen molar-refractivity contribution in [2.24, 2.45) is 0 Å². The van der Waals surface area contributed by atoms with Crippen molar-refractivity contribution in [1.29, 1.82) is 0 Å². The zero-order valence-corrected chi connectivity index (χ0v) is 13.3. The van der Waals surface area contributed by atoms with Gasteiger partial charge in [0.05, 0.1) is 17.1 Å². The minimum Gasteiger partial charge on any atom is -0.479 e. The molecule has 2 aliphatic rings. The minimum atomic E-state index is -2.44. The van der Waals surface area contributed by atoms with Crippen molar-refractivity contribution < 1.29 is 23.9 Å². The Labute approximate surface area is 142 Å². The van der Waals surface area contributed by atoms with E-state index in [9.17, 15) is 18.8 Å². The maximum atomic E-state index is 14.2. The Morgan fingerprint density at radius 3 is 2.67 bits per heavy atom. The number of aliphatic carboxylic acids is 1. The minimum absolute atomic E-state index is 0.00755. The Balaban J connectivity index is 1.85. The summed E-state index contributed by atoms with van der Waals surface area (Å²) in [6.07, 6.45) is -0.264. The van der Waals surface area contributed by atoms with Crippen molar-refractivity contribution in [1.82, 2.24) is 10.2 Å². The molecule has 2 heterocycles. The first kappa shape index (κ1) is 16.5. The molecular formula is C15H15ClFN3O4. The highest BCUT2D eigenvalue weighted by Crippen LogP contribution is 2.30. The summed E-state index contributed by atoms with van der Waals surface area (Å²) in [7, 11) is 0. The lowest BCUT2D eigenvalue weighted by Crippen LogP contribution is -2.39. The number of carbonyl (C=O) groups excluding carboxylic acids is 2. The molecule has 0 aromatic heterocycles. The molecule has 2 aliphatic heterocycles. The maximum Gasteiger partial charge on any atom is 0.343 e. The van der Waals surface area contributed by atoms with Crippen LogP contribution in [0.5, 0.6) is 0 Å². The van der Waals surface area contributed by atoms with Crippen LogP contribution in [0.2, 0.25) is 5.02 Å². The molecule has 2 fully saturated rings. The number of amides is 3. The molecule has 0 saturated carbocycles.